The molecule has 12 heteroatoms. The zero-order valence-electron chi connectivity index (χ0n) is 20.0. The van der Waals surface area contributed by atoms with Gasteiger partial charge < -0.3 is 19.3 Å². The van der Waals surface area contributed by atoms with E-state index in [1.807, 2.05) is 0 Å². The van der Waals surface area contributed by atoms with Crippen molar-refractivity contribution >= 4 is 17.7 Å². The van der Waals surface area contributed by atoms with Crippen LogP contribution in [0.25, 0.3) is 0 Å². The Labute approximate surface area is 206 Å². The van der Waals surface area contributed by atoms with Gasteiger partial charge in [0, 0.05) is 69.9 Å². The number of hydrogen-bond donors (Lipinski definition) is 0. The predicted octanol–water partition coefficient (Wildman–Crippen LogP) is 1.78. The van der Waals surface area contributed by atoms with Crippen molar-refractivity contribution in [2.24, 2.45) is 0 Å². The predicted molar refractivity (Wildman–Crippen MR) is 120 cm³/mol. The zero-order chi connectivity index (χ0) is 25.2. The summed E-state index contributed by atoms with van der Waals surface area (Å²) in [7, 11) is 0. The van der Waals surface area contributed by atoms with Crippen LogP contribution in [0.4, 0.5) is 19.0 Å². The summed E-state index contributed by atoms with van der Waals surface area (Å²) < 4.78 is 50.4. The van der Waals surface area contributed by atoms with Crippen molar-refractivity contribution in [3.63, 3.8) is 0 Å². The average Bonchev–Trinajstić information content (AvgIpc) is 3.09. The van der Waals surface area contributed by atoms with Gasteiger partial charge in [-0.05, 0) is 19.8 Å². The van der Waals surface area contributed by atoms with Gasteiger partial charge in [-0.2, -0.15) is 13.2 Å². The largest absolute Gasteiger partial charge is 0.450 e. The number of anilines is 1. The van der Waals surface area contributed by atoms with Gasteiger partial charge in [0.15, 0.2) is 0 Å². The smallest absolute Gasteiger partial charge is 0.433 e. The molecule has 0 radical (unpaired) electrons. The van der Waals surface area contributed by atoms with Crippen LogP contribution in [0, 0.1) is 0 Å². The fraction of sp³-hybridized carbons (Fsp3) is 0.667. The van der Waals surface area contributed by atoms with Gasteiger partial charge in [-0.1, -0.05) is 0 Å². The summed E-state index contributed by atoms with van der Waals surface area (Å²) in [6, 6.07) is 1.17. The quantitative estimate of drug-likeness (QED) is 0.573. The van der Waals surface area contributed by atoms with Gasteiger partial charge >= 0.3 is 12.1 Å². The monoisotopic (exact) mass is 507 g/mol. The van der Waals surface area contributed by atoms with Gasteiger partial charge in [-0.25, -0.2) is 14.8 Å². The number of amides is 1. The lowest BCUT2D eigenvalue weighted by Gasteiger charge is -2.62. The van der Waals surface area contributed by atoms with Crippen LogP contribution in [0.1, 0.15) is 38.3 Å². The molecule has 1 aromatic heterocycles. The molecular weight excluding hydrogens is 479 g/mol. The maximum Gasteiger partial charge on any atom is 0.433 e. The Bertz CT molecular complexity index is 1110. The SMILES string of the molecule is CC1=C(C(=O)N2CC3C2CN3c2cc(C(F)(F)F)ncn2)C2(CCN(C3CCOCC3)CC2)OC1=O. The molecule has 5 aliphatic heterocycles. The second-order valence-corrected chi connectivity index (χ2v) is 10.3. The van der Waals surface area contributed by atoms with Crippen LogP contribution in [0.3, 0.4) is 0 Å². The van der Waals surface area contributed by atoms with Gasteiger partial charge in [-0.15, -0.1) is 0 Å². The third-order valence-corrected chi connectivity index (χ3v) is 8.46. The average molecular weight is 508 g/mol. The minimum atomic E-state index is -4.54. The number of piperidine rings is 1. The van der Waals surface area contributed by atoms with Crippen LogP contribution in [0.5, 0.6) is 0 Å². The van der Waals surface area contributed by atoms with E-state index in [0.29, 0.717) is 43.1 Å². The lowest BCUT2D eigenvalue weighted by Crippen LogP contribution is -2.80. The van der Waals surface area contributed by atoms with E-state index >= 15 is 0 Å². The van der Waals surface area contributed by atoms with Crippen LogP contribution in [-0.2, 0) is 25.2 Å². The first-order chi connectivity index (χ1) is 17.2. The first-order valence-corrected chi connectivity index (χ1v) is 12.4. The maximum atomic E-state index is 13.7. The highest BCUT2D eigenvalue weighted by Gasteiger charge is 2.59. The fourth-order valence-electron chi connectivity index (χ4n) is 6.31. The molecule has 9 nitrogen and oxygen atoms in total. The van der Waals surface area contributed by atoms with E-state index in [0.717, 1.165) is 51.5 Å². The van der Waals surface area contributed by atoms with Crippen molar-refractivity contribution < 1.29 is 32.2 Å². The molecule has 0 saturated carbocycles. The van der Waals surface area contributed by atoms with Gasteiger partial charge in [0.25, 0.3) is 5.91 Å². The molecule has 194 valence electrons. The molecule has 1 aromatic rings. The summed E-state index contributed by atoms with van der Waals surface area (Å²) in [6.07, 6.45) is -0.515. The maximum absolute atomic E-state index is 13.7. The highest BCUT2D eigenvalue weighted by Crippen LogP contribution is 2.45. The molecule has 5 aliphatic rings. The molecule has 0 N–H and O–H groups in total. The number of carbonyl (C=O) groups excluding carboxylic acids is 2. The van der Waals surface area contributed by atoms with E-state index in [1.165, 1.54) is 0 Å². The molecule has 36 heavy (non-hydrogen) atoms. The summed E-state index contributed by atoms with van der Waals surface area (Å²) >= 11 is 0. The van der Waals surface area contributed by atoms with Crippen molar-refractivity contribution in [3.8, 4) is 0 Å². The third-order valence-electron chi connectivity index (χ3n) is 8.46. The number of alkyl halides is 3. The van der Waals surface area contributed by atoms with Crippen LogP contribution in [0.2, 0.25) is 0 Å². The van der Waals surface area contributed by atoms with Crippen LogP contribution < -0.4 is 4.90 Å². The number of nitrogens with zero attached hydrogens (tertiary/aromatic N) is 5. The number of rotatable bonds is 3. The van der Waals surface area contributed by atoms with E-state index in [-0.39, 0.29) is 23.8 Å². The first-order valence-electron chi connectivity index (χ1n) is 12.4. The van der Waals surface area contributed by atoms with Crippen molar-refractivity contribution in [1.29, 1.82) is 0 Å². The molecule has 0 aromatic carbocycles. The van der Waals surface area contributed by atoms with Gasteiger partial charge in [0.2, 0.25) is 0 Å². The third kappa shape index (κ3) is 3.68. The number of fused-ring (bicyclic) bond motifs is 1. The van der Waals surface area contributed by atoms with Crippen molar-refractivity contribution in [2.45, 2.75) is 62.5 Å². The minimum absolute atomic E-state index is 0.102. The minimum Gasteiger partial charge on any atom is -0.450 e. The van der Waals surface area contributed by atoms with Gasteiger partial charge in [0.05, 0.1) is 17.7 Å². The van der Waals surface area contributed by atoms with E-state index in [4.69, 9.17) is 9.47 Å². The Morgan fingerprint density at radius 2 is 1.83 bits per heavy atom. The van der Waals surface area contributed by atoms with E-state index in [9.17, 15) is 22.8 Å². The second kappa shape index (κ2) is 8.41. The highest BCUT2D eigenvalue weighted by molar-refractivity contribution is 6.07. The molecule has 6 heterocycles. The Hall–Kier alpha value is -2.73. The first kappa shape index (κ1) is 23.7. The van der Waals surface area contributed by atoms with E-state index in [2.05, 4.69) is 14.9 Å². The molecule has 4 fully saturated rings. The van der Waals surface area contributed by atoms with Gasteiger partial charge in [0.1, 0.15) is 23.4 Å². The molecule has 0 bridgehead atoms. The number of likely N-dealkylation sites (tertiary alicyclic amines) is 2. The molecule has 1 amide bonds. The Balaban J connectivity index is 1.13. The Morgan fingerprint density at radius 3 is 2.47 bits per heavy atom. The Morgan fingerprint density at radius 1 is 1.11 bits per heavy atom. The summed E-state index contributed by atoms with van der Waals surface area (Å²) in [6.45, 7) is 5.41. The second-order valence-electron chi connectivity index (χ2n) is 10.3. The molecule has 2 unspecified atom stereocenters. The molecule has 4 saturated heterocycles. The molecular formula is C24H28F3N5O4. The fourth-order valence-corrected chi connectivity index (χ4v) is 6.31. The number of aromatic nitrogens is 2. The van der Waals surface area contributed by atoms with Crippen molar-refractivity contribution in [3.05, 3.63) is 29.2 Å². The normalized spacial score (nSPS) is 28.6. The van der Waals surface area contributed by atoms with Crippen molar-refractivity contribution in [1.82, 2.24) is 19.8 Å². The summed E-state index contributed by atoms with van der Waals surface area (Å²) in [4.78, 5) is 39.5. The number of piperazine rings is 1. The summed E-state index contributed by atoms with van der Waals surface area (Å²) in [5.74, 6) is -0.430. The molecule has 2 atom stereocenters. The lowest BCUT2D eigenvalue weighted by atomic mass is 9.79. The standard InChI is InChI=1S/C24H28F3N5O4/c1-14-20(23(36-22(14)34)4-6-30(7-5-23)15-2-8-35-9-3-15)21(33)32-12-16-17(32)11-31(16)19-10-18(24(25,26)27)28-13-29-19/h10,13,15-17H,2-9,11-12H2,1H3. The topological polar surface area (TPSA) is 88.1 Å². The van der Waals surface area contributed by atoms with Crippen molar-refractivity contribution in [2.75, 3.05) is 44.3 Å². The number of carbonyl (C=O) groups is 2. The zero-order valence-corrected chi connectivity index (χ0v) is 20.0. The lowest BCUT2D eigenvalue weighted by molar-refractivity contribution is -0.154. The molecule has 6 rings (SSSR count). The van der Waals surface area contributed by atoms with Crippen LogP contribution in [-0.4, -0.2) is 94.8 Å². The van der Waals surface area contributed by atoms with E-state index in [1.54, 1.807) is 16.7 Å². The molecule has 1 spiro atoms. The van der Waals surface area contributed by atoms with Crippen LogP contribution >= 0.6 is 0 Å². The van der Waals surface area contributed by atoms with Crippen LogP contribution in [0.15, 0.2) is 23.5 Å². The number of esters is 1. The molecule has 0 aliphatic carbocycles. The number of ether oxygens (including phenoxy) is 2. The van der Waals surface area contributed by atoms with E-state index < -0.39 is 23.4 Å². The summed E-state index contributed by atoms with van der Waals surface area (Å²) in [5, 5.41) is 0. The Kier molecular flexibility index (Phi) is 5.52. The van der Waals surface area contributed by atoms with Gasteiger partial charge in [-0.3, -0.25) is 9.69 Å². The number of hydrogen-bond acceptors (Lipinski definition) is 8. The summed E-state index contributed by atoms with van der Waals surface area (Å²) in [5.41, 5.74) is -1.07. The highest BCUT2D eigenvalue weighted by atomic mass is 19.4. The number of halogens is 3.